The maximum absolute atomic E-state index is 12.4. The molecule has 2 rings (SSSR count). The zero-order chi connectivity index (χ0) is 17.5. The van der Waals surface area contributed by atoms with E-state index in [1.165, 1.54) is 25.3 Å². The molecule has 0 atom stereocenters. The Bertz CT molecular complexity index is 713. The molecule has 8 heteroatoms. The van der Waals surface area contributed by atoms with Gasteiger partial charge in [0.25, 0.3) is 0 Å². The monoisotopic (exact) mass is 356 g/mol. The molecule has 24 heavy (non-hydrogen) atoms. The Morgan fingerprint density at radius 2 is 1.92 bits per heavy atom. The van der Waals surface area contributed by atoms with Crippen LogP contribution in [0.5, 0.6) is 11.5 Å². The molecule has 1 amide bonds. The first-order chi connectivity index (χ1) is 11.5. The minimum atomic E-state index is -2.98. The SMILES string of the molecule is COc1ccc(Cl)cc1NCC(=O)Nc1ccccc1OC(F)F. The third kappa shape index (κ3) is 4.99. The third-order valence-electron chi connectivity index (χ3n) is 2.98. The number of benzene rings is 2. The highest BCUT2D eigenvalue weighted by atomic mass is 35.5. The van der Waals surface area contributed by atoms with E-state index in [1.807, 2.05) is 0 Å². The predicted molar refractivity (Wildman–Crippen MR) is 88.2 cm³/mol. The molecule has 0 aliphatic heterocycles. The number of rotatable bonds is 7. The molecule has 0 saturated heterocycles. The van der Waals surface area contributed by atoms with Gasteiger partial charge in [0.15, 0.2) is 0 Å². The van der Waals surface area contributed by atoms with Crippen molar-refractivity contribution >= 4 is 28.9 Å². The van der Waals surface area contributed by atoms with E-state index in [0.717, 1.165) is 0 Å². The van der Waals surface area contributed by atoms with Crippen molar-refractivity contribution in [3.63, 3.8) is 0 Å². The van der Waals surface area contributed by atoms with E-state index in [-0.39, 0.29) is 18.0 Å². The topological polar surface area (TPSA) is 59.6 Å². The lowest BCUT2D eigenvalue weighted by atomic mass is 10.2. The first-order valence-electron chi connectivity index (χ1n) is 6.90. The van der Waals surface area contributed by atoms with Crippen LogP contribution in [-0.4, -0.2) is 26.2 Å². The largest absolute Gasteiger partial charge is 0.495 e. The molecule has 0 saturated carbocycles. The number of hydrogen-bond donors (Lipinski definition) is 2. The summed E-state index contributed by atoms with van der Waals surface area (Å²) in [6, 6.07) is 10.9. The Morgan fingerprint density at radius 1 is 1.17 bits per heavy atom. The summed E-state index contributed by atoms with van der Waals surface area (Å²) in [5.74, 6) is -0.0304. The quantitative estimate of drug-likeness (QED) is 0.787. The molecule has 0 aromatic heterocycles. The van der Waals surface area contributed by atoms with Gasteiger partial charge in [-0.05, 0) is 30.3 Å². The van der Waals surface area contributed by atoms with Crippen LogP contribution >= 0.6 is 11.6 Å². The molecular formula is C16H15ClF2N2O3. The molecule has 2 aromatic rings. The number of methoxy groups -OCH3 is 1. The van der Waals surface area contributed by atoms with Crippen LogP contribution in [0.15, 0.2) is 42.5 Å². The van der Waals surface area contributed by atoms with Crippen LogP contribution in [-0.2, 0) is 4.79 Å². The fourth-order valence-corrected chi connectivity index (χ4v) is 2.13. The van der Waals surface area contributed by atoms with Gasteiger partial charge in [-0.1, -0.05) is 23.7 Å². The van der Waals surface area contributed by atoms with Crippen LogP contribution in [0.3, 0.4) is 0 Å². The van der Waals surface area contributed by atoms with Crippen molar-refractivity contribution < 1.29 is 23.0 Å². The fraction of sp³-hybridized carbons (Fsp3) is 0.188. The molecule has 0 aliphatic rings. The number of para-hydroxylation sites is 2. The number of carbonyl (C=O) groups is 1. The number of carbonyl (C=O) groups excluding carboxylic acids is 1. The van der Waals surface area contributed by atoms with Gasteiger partial charge in [-0.3, -0.25) is 4.79 Å². The highest BCUT2D eigenvalue weighted by molar-refractivity contribution is 6.30. The van der Waals surface area contributed by atoms with Crippen molar-refractivity contribution in [2.24, 2.45) is 0 Å². The minimum absolute atomic E-state index is 0.110. The van der Waals surface area contributed by atoms with E-state index in [0.29, 0.717) is 16.5 Å². The summed E-state index contributed by atoms with van der Waals surface area (Å²) in [4.78, 5) is 12.0. The summed E-state index contributed by atoms with van der Waals surface area (Å²) in [5, 5.41) is 5.86. The van der Waals surface area contributed by atoms with Gasteiger partial charge in [-0.25, -0.2) is 0 Å². The van der Waals surface area contributed by atoms with Crippen LogP contribution in [0.1, 0.15) is 0 Å². The second kappa shape index (κ2) is 8.35. The highest BCUT2D eigenvalue weighted by Crippen LogP contribution is 2.28. The Morgan fingerprint density at radius 3 is 2.62 bits per heavy atom. The molecule has 2 N–H and O–H groups in total. The Labute approximate surface area is 142 Å². The second-order valence-corrected chi connectivity index (χ2v) is 5.06. The number of alkyl halides is 2. The average molecular weight is 357 g/mol. The summed E-state index contributed by atoms with van der Waals surface area (Å²) in [6.07, 6.45) is 0. The molecule has 0 radical (unpaired) electrons. The Hall–Kier alpha value is -2.54. The molecule has 0 fully saturated rings. The summed E-state index contributed by atoms with van der Waals surface area (Å²) >= 11 is 5.90. The predicted octanol–water partition coefficient (Wildman–Crippen LogP) is 4.00. The van der Waals surface area contributed by atoms with Gasteiger partial charge < -0.3 is 20.1 Å². The Kier molecular flexibility index (Phi) is 6.20. The van der Waals surface area contributed by atoms with Gasteiger partial charge in [0.2, 0.25) is 5.91 Å². The fourth-order valence-electron chi connectivity index (χ4n) is 1.96. The van der Waals surface area contributed by atoms with Gasteiger partial charge in [0, 0.05) is 5.02 Å². The molecule has 0 unspecified atom stereocenters. The maximum Gasteiger partial charge on any atom is 0.387 e. The van der Waals surface area contributed by atoms with Crippen molar-refractivity contribution in [1.29, 1.82) is 0 Å². The van der Waals surface area contributed by atoms with Crippen LogP contribution in [0, 0.1) is 0 Å². The molecular weight excluding hydrogens is 342 g/mol. The van der Waals surface area contributed by atoms with Crippen LogP contribution in [0.2, 0.25) is 5.02 Å². The van der Waals surface area contributed by atoms with E-state index >= 15 is 0 Å². The zero-order valence-corrected chi connectivity index (χ0v) is 13.4. The standard InChI is InChI=1S/C16H15ClF2N2O3/c1-23-13-7-6-10(17)8-12(13)20-9-15(22)21-11-4-2-3-5-14(11)24-16(18)19/h2-8,16,20H,9H2,1H3,(H,21,22). The van der Waals surface area contributed by atoms with Gasteiger partial charge in [0.1, 0.15) is 11.5 Å². The molecule has 0 bridgehead atoms. The lowest BCUT2D eigenvalue weighted by Crippen LogP contribution is -2.22. The summed E-state index contributed by atoms with van der Waals surface area (Å²) < 4.78 is 34.2. The maximum atomic E-state index is 12.4. The van der Waals surface area contributed by atoms with E-state index in [2.05, 4.69) is 15.4 Å². The van der Waals surface area contributed by atoms with Crippen LogP contribution in [0.25, 0.3) is 0 Å². The van der Waals surface area contributed by atoms with Gasteiger partial charge in [-0.15, -0.1) is 0 Å². The van der Waals surface area contributed by atoms with Gasteiger partial charge in [0.05, 0.1) is 25.0 Å². The zero-order valence-electron chi connectivity index (χ0n) is 12.7. The molecule has 0 heterocycles. The average Bonchev–Trinajstić information content (AvgIpc) is 2.54. The number of nitrogens with one attached hydrogen (secondary N) is 2. The van der Waals surface area contributed by atoms with Gasteiger partial charge >= 0.3 is 6.61 Å². The molecule has 5 nitrogen and oxygen atoms in total. The number of halogens is 3. The lowest BCUT2D eigenvalue weighted by molar-refractivity contribution is -0.114. The number of anilines is 2. The summed E-state index contributed by atoms with van der Waals surface area (Å²) in [5.41, 5.74) is 0.694. The van der Waals surface area contributed by atoms with Crippen molar-refractivity contribution in [3.05, 3.63) is 47.5 Å². The molecule has 0 spiro atoms. The normalized spacial score (nSPS) is 10.4. The smallest absolute Gasteiger partial charge is 0.387 e. The first-order valence-corrected chi connectivity index (χ1v) is 7.28. The lowest BCUT2D eigenvalue weighted by Gasteiger charge is -2.13. The molecule has 128 valence electrons. The van der Waals surface area contributed by atoms with E-state index in [4.69, 9.17) is 16.3 Å². The van der Waals surface area contributed by atoms with E-state index in [1.54, 1.807) is 24.3 Å². The summed E-state index contributed by atoms with van der Waals surface area (Å²) in [7, 11) is 1.49. The molecule has 2 aromatic carbocycles. The van der Waals surface area contributed by atoms with Crippen LogP contribution in [0.4, 0.5) is 20.2 Å². The van der Waals surface area contributed by atoms with Crippen molar-refractivity contribution in [1.82, 2.24) is 0 Å². The van der Waals surface area contributed by atoms with Gasteiger partial charge in [-0.2, -0.15) is 8.78 Å². The van der Waals surface area contributed by atoms with E-state index < -0.39 is 12.5 Å². The first kappa shape index (κ1) is 17.8. The third-order valence-corrected chi connectivity index (χ3v) is 3.21. The van der Waals surface area contributed by atoms with Crippen molar-refractivity contribution in [2.75, 3.05) is 24.3 Å². The van der Waals surface area contributed by atoms with Crippen molar-refractivity contribution in [2.45, 2.75) is 6.61 Å². The van der Waals surface area contributed by atoms with Crippen molar-refractivity contribution in [3.8, 4) is 11.5 Å². The Balaban J connectivity index is 2.01. The van der Waals surface area contributed by atoms with Crippen LogP contribution < -0.4 is 20.1 Å². The minimum Gasteiger partial charge on any atom is -0.495 e. The van der Waals surface area contributed by atoms with E-state index in [9.17, 15) is 13.6 Å². The summed E-state index contributed by atoms with van der Waals surface area (Å²) in [6.45, 7) is -3.09. The number of hydrogen-bond acceptors (Lipinski definition) is 4. The number of amides is 1. The molecule has 0 aliphatic carbocycles. The highest BCUT2D eigenvalue weighted by Gasteiger charge is 2.12. The second-order valence-electron chi connectivity index (χ2n) is 4.62. The number of ether oxygens (including phenoxy) is 2.